The van der Waals surface area contributed by atoms with Gasteiger partial charge in [0, 0.05) is 19.2 Å². The van der Waals surface area contributed by atoms with Crippen molar-refractivity contribution >= 4 is 35.3 Å². The van der Waals surface area contributed by atoms with Crippen LogP contribution in [0.5, 0.6) is 0 Å². The molecule has 12 nitrogen and oxygen atoms in total. The van der Waals surface area contributed by atoms with Crippen LogP contribution in [0.4, 0.5) is 5.69 Å². The SMILES string of the molecule is COC(=O)C(CC(C)C)NC(=O)Cn1cccc(NC(=O)C(CCC=CC(=O)O)NC(C)=O)c1=O. The number of nitrogens with one attached hydrogen (secondary N) is 3. The van der Waals surface area contributed by atoms with Crippen molar-refractivity contribution < 1.29 is 33.8 Å². The molecule has 3 amide bonds. The third-order valence-corrected chi connectivity index (χ3v) is 4.70. The molecule has 192 valence electrons. The second kappa shape index (κ2) is 14.3. The lowest BCUT2D eigenvalue weighted by Crippen LogP contribution is -2.45. The van der Waals surface area contributed by atoms with E-state index < -0.39 is 53.8 Å². The van der Waals surface area contributed by atoms with Crippen molar-refractivity contribution in [2.24, 2.45) is 5.92 Å². The number of carboxylic acids is 1. The van der Waals surface area contributed by atoms with Gasteiger partial charge in [-0.3, -0.25) is 19.2 Å². The van der Waals surface area contributed by atoms with Crippen molar-refractivity contribution in [1.82, 2.24) is 15.2 Å². The number of aliphatic carboxylic acids is 1. The normalized spacial score (nSPS) is 12.6. The van der Waals surface area contributed by atoms with Gasteiger partial charge in [-0.15, -0.1) is 0 Å². The van der Waals surface area contributed by atoms with Crippen molar-refractivity contribution in [2.45, 2.75) is 58.7 Å². The summed E-state index contributed by atoms with van der Waals surface area (Å²) in [7, 11) is 1.22. The molecule has 0 radical (unpaired) electrons. The highest BCUT2D eigenvalue weighted by Gasteiger charge is 2.23. The van der Waals surface area contributed by atoms with Crippen LogP contribution in [0.25, 0.3) is 0 Å². The van der Waals surface area contributed by atoms with E-state index in [2.05, 4.69) is 16.0 Å². The number of methoxy groups -OCH3 is 1. The van der Waals surface area contributed by atoms with Crippen LogP contribution in [-0.4, -0.2) is 58.5 Å². The van der Waals surface area contributed by atoms with E-state index >= 15 is 0 Å². The molecule has 0 aliphatic carbocycles. The van der Waals surface area contributed by atoms with Crippen LogP contribution in [0.2, 0.25) is 0 Å². The summed E-state index contributed by atoms with van der Waals surface area (Å²) >= 11 is 0. The second-order valence-corrected chi connectivity index (χ2v) is 8.19. The van der Waals surface area contributed by atoms with E-state index in [0.717, 1.165) is 10.6 Å². The van der Waals surface area contributed by atoms with Gasteiger partial charge in [-0.2, -0.15) is 0 Å². The molecule has 2 unspecified atom stereocenters. The Morgan fingerprint density at radius 1 is 1.14 bits per heavy atom. The third-order valence-electron chi connectivity index (χ3n) is 4.70. The number of pyridine rings is 1. The Bertz CT molecular complexity index is 1020. The molecule has 12 heteroatoms. The van der Waals surface area contributed by atoms with Crippen molar-refractivity contribution in [3.63, 3.8) is 0 Å². The summed E-state index contributed by atoms with van der Waals surface area (Å²) in [6.45, 7) is 4.59. The number of carbonyl (C=O) groups excluding carboxylic acids is 4. The van der Waals surface area contributed by atoms with Gasteiger partial charge in [0.25, 0.3) is 5.56 Å². The molecule has 0 bridgehead atoms. The Morgan fingerprint density at radius 3 is 2.40 bits per heavy atom. The van der Waals surface area contributed by atoms with E-state index in [9.17, 15) is 28.8 Å². The van der Waals surface area contributed by atoms with Gasteiger partial charge in [-0.1, -0.05) is 19.9 Å². The molecule has 0 spiro atoms. The molecule has 0 aliphatic heterocycles. The fourth-order valence-electron chi connectivity index (χ4n) is 3.16. The number of hydrogen-bond donors (Lipinski definition) is 4. The lowest BCUT2D eigenvalue weighted by molar-refractivity contribution is -0.145. The van der Waals surface area contributed by atoms with Gasteiger partial charge in [0.05, 0.1) is 7.11 Å². The van der Waals surface area contributed by atoms with Gasteiger partial charge in [0.1, 0.15) is 24.3 Å². The topological polar surface area (TPSA) is 173 Å². The maximum atomic E-state index is 12.8. The fourth-order valence-corrected chi connectivity index (χ4v) is 3.16. The molecule has 35 heavy (non-hydrogen) atoms. The maximum Gasteiger partial charge on any atom is 0.328 e. The van der Waals surface area contributed by atoms with Gasteiger partial charge in [-0.25, -0.2) is 9.59 Å². The monoisotopic (exact) mass is 492 g/mol. The predicted octanol–water partition coefficient (Wildman–Crippen LogP) is 0.416. The minimum Gasteiger partial charge on any atom is -0.478 e. The lowest BCUT2D eigenvalue weighted by atomic mass is 10.0. The van der Waals surface area contributed by atoms with Crippen molar-refractivity contribution in [3.8, 4) is 0 Å². The Morgan fingerprint density at radius 2 is 1.83 bits per heavy atom. The van der Waals surface area contributed by atoms with Crippen LogP contribution in [0.3, 0.4) is 0 Å². The number of aromatic nitrogens is 1. The predicted molar refractivity (Wildman–Crippen MR) is 126 cm³/mol. The van der Waals surface area contributed by atoms with E-state index in [4.69, 9.17) is 9.84 Å². The van der Waals surface area contributed by atoms with E-state index in [1.807, 2.05) is 13.8 Å². The largest absolute Gasteiger partial charge is 0.478 e. The molecular formula is C23H32N4O8. The molecule has 0 aromatic carbocycles. The van der Waals surface area contributed by atoms with Crippen LogP contribution in [-0.2, 0) is 35.3 Å². The molecular weight excluding hydrogens is 460 g/mol. The van der Waals surface area contributed by atoms with Gasteiger partial charge < -0.3 is 30.4 Å². The highest BCUT2D eigenvalue weighted by molar-refractivity contribution is 5.96. The van der Waals surface area contributed by atoms with Crippen LogP contribution in [0, 0.1) is 5.92 Å². The maximum absolute atomic E-state index is 12.8. The standard InChI is InChI=1S/C23H32N4O8/c1-14(2)12-18(23(34)35-4)25-19(29)13-27-11-7-9-17(22(27)33)26-21(32)16(24-15(3)28)8-5-6-10-20(30)31/h6-7,9-11,14,16,18H,5,8,12-13H2,1-4H3,(H,24,28)(H,25,29)(H,26,32)(H,30,31). The Hall–Kier alpha value is -3.96. The van der Waals surface area contributed by atoms with E-state index in [0.29, 0.717) is 6.42 Å². The van der Waals surface area contributed by atoms with E-state index in [1.54, 1.807) is 0 Å². The molecule has 0 fully saturated rings. The Kier molecular flexibility index (Phi) is 11.9. The molecule has 1 aromatic rings. The van der Waals surface area contributed by atoms with Crippen LogP contribution in [0.1, 0.15) is 40.0 Å². The van der Waals surface area contributed by atoms with E-state index in [1.165, 1.54) is 38.4 Å². The highest BCUT2D eigenvalue weighted by Crippen LogP contribution is 2.07. The van der Waals surface area contributed by atoms with Crippen LogP contribution in [0.15, 0.2) is 35.3 Å². The number of esters is 1. The minimum absolute atomic E-state index is 0.101. The summed E-state index contributed by atoms with van der Waals surface area (Å²) in [5, 5.41) is 16.1. The number of hydrogen-bond acceptors (Lipinski definition) is 7. The smallest absolute Gasteiger partial charge is 0.328 e. The third kappa shape index (κ3) is 10.7. The molecule has 1 aromatic heterocycles. The average Bonchev–Trinajstić information content (AvgIpc) is 2.76. The van der Waals surface area contributed by atoms with Gasteiger partial charge in [0.15, 0.2) is 0 Å². The number of rotatable bonds is 13. The number of ether oxygens (including phenoxy) is 1. The molecule has 0 aliphatic rings. The summed E-state index contributed by atoms with van der Waals surface area (Å²) in [5.41, 5.74) is -0.782. The Balaban J connectivity index is 2.94. The number of carbonyl (C=O) groups is 5. The number of allylic oxidation sites excluding steroid dienone is 1. The second-order valence-electron chi connectivity index (χ2n) is 8.19. The number of anilines is 1. The first kappa shape index (κ1) is 29.1. The highest BCUT2D eigenvalue weighted by atomic mass is 16.5. The van der Waals surface area contributed by atoms with E-state index in [-0.39, 0.29) is 24.4 Å². The minimum atomic E-state index is -1.14. The lowest BCUT2D eigenvalue weighted by Gasteiger charge is -2.19. The number of carboxylic acid groups (broad SMARTS) is 1. The molecule has 1 rings (SSSR count). The zero-order chi connectivity index (χ0) is 26.5. The van der Waals surface area contributed by atoms with Crippen LogP contribution >= 0.6 is 0 Å². The average molecular weight is 493 g/mol. The number of nitrogens with zero attached hydrogens (tertiary/aromatic N) is 1. The summed E-state index contributed by atoms with van der Waals surface area (Å²) in [5.74, 6) is -3.36. The summed E-state index contributed by atoms with van der Waals surface area (Å²) in [6, 6.07) is 0.928. The number of amides is 3. The zero-order valence-electron chi connectivity index (χ0n) is 20.2. The summed E-state index contributed by atoms with van der Waals surface area (Å²) in [6.07, 6.45) is 4.28. The van der Waals surface area contributed by atoms with Crippen molar-refractivity contribution in [2.75, 3.05) is 12.4 Å². The molecule has 2 atom stereocenters. The van der Waals surface area contributed by atoms with Crippen molar-refractivity contribution in [3.05, 3.63) is 40.8 Å². The molecule has 1 heterocycles. The first-order valence-corrected chi connectivity index (χ1v) is 11.0. The summed E-state index contributed by atoms with van der Waals surface area (Å²) < 4.78 is 5.78. The quantitative estimate of drug-likeness (QED) is 0.226. The van der Waals surface area contributed by atoms with Gasteiger partial charge in [0.2, 0.25) is 17.7 Å². The fraction of sp³-hybridized carbons (Fsp3) is 0.478. The van der Waals surface area contributed by atoms with Gasteiger partial charge >= 0.3 is 11.9 Å². The summed E-state index contributed by atoms with van der Waals surface area (Å²) in [4.78, 5) is 71.9. The Labute approximate surface area is 202 Å². The first-order valence-electron chi connectivity index (χ1n) is 11.0. The zero-order valence-corrected chi connectivity index (χ0v) is 20.2. The molecule has 0 saturated heterocycles. The van der Waals surface area contributed by atoms with Crippen LogP contribution < -0.4 is 21.5 Å². The van der Waals surface area contributed by atoms with Gasteiger partial charge in [-0.05, 0) is 37.3 Å². The molecule has 4 N–H and O–H groups in total. The first-order chi connectivity index (χ1) is 16.4. The molecule has 0 saturated carbocycles. The van der Waals surface area contributed by atoms with Crippen molar-refractivity contribution in [1.29, 1.82) is 0 Å².